The van der Waals surface area contributed by atoms with Crippen LogP contribution in [-0.2, 0) is 12.8 Å². The minimum absolute atomic E-state index is 0.413. The summed E-state index contributed by atoms with van der Waals surface area (Å²) in [7, 11) is 0. The third-order valence-corrected chi connectivity index (χ3v) is 8.08. The van der Waals surface area contributed by atoms with E-state index in [1.165, 1.54) is 11.1 Å². The maximum atomic E-state index is 13.5. The van der Waals surface area contributed by atoms with Crippen LogP contribution in [0.3, 0.4) is 0 Å². The van der Waals surface area contributed by atoms with E-state index in [-0.39, 0.29) is 0 Å². The van der Waals surface area contributed by atoms with Crippen molar-refractivity contribution in [1.29, 1.82) is 0 Å². The first kappa shape index (κ1) is 30.8. The van der Waals surface area contributed by atoms with E-state index in [2.05, 4.69) is 27.7 Å². The van der Waals surface area contributed by atoms with Crippen molar-refractivity contribution in [3.05, 3.63) is 144 Å². The second-order valence-corrected chi connectivity index (χ2v) is 12.7. The lowest BCUT2D eigenvalue weighted by atomic mass is 9.92. The van der Waals surface area contributed by atoms with E-state index < -0.39 is 11.9 Å². The summed E-state index contributed by atoms with van der Waals surface area (Å²) >= 11 is 0. The van der Waals surface area contributed by atoms with E-state index in [0.717, 1.165) is 45.5 Å². The van der Waals surface area contributed by atoms with E-state index in [9.17, 15) is 9.59 Å². The van der Waals surface area contributed by atoms with Gasteiger partial charge in [-0.05, 0) is 105 Å². The largest absolute Gasteiger partial charge is 0.423 e. The summed E-state index contributed by atoms with van der Waals surface area (Å²) in [6.07, 6.45) is 1.90. The SMILES string of the molecule is CC(C)Cc1ccc(C(=O)Oc2cc(-c3c(OC(=O)c4ccc(CC(C)C)cc4)ccc4ccccc34)c3ccccc3c2)cc1. The Balaban J connectivity index is 1.40. The van der Waals surface area contributed by atoms with Gasteiger partial charge in [0.15, 0.2) is 0 Å². The van der Waals surface area contributed by atoms with Crippen molar-refractivity contribution in [1.82, 2.24) is 0 Å². The monoisotopic (exact) mass is 606 g/mol. The molecular formula is C42H38O4. The maximum absolute atomic E-state index is 13.5. The van der Waals surface area contributed by atoms with Crippen LogP contribution in [0.5, 0.6) is 11.5 Å². The molecule has 0 atom stereocenters. The summed E-state index contributed by atoms with van der Waals surface area (Å²) in [5.41, 5.74) is 4.90. The van der Waals surface area contributed by atoms with Crippen LogP contribution in [-0.4, -0.2) is 11.9 Å². The number of fused-ring (bicyclic) bond motifs is 2. The first-order chi connectivity index (χ1) is 22.2. The Morgan fingerprint density at radius 2 is 1.07 bits per heavy atom. The Morgan fingerprint density at radius 3 is 1.65 bits per heavy atom. The Labute approximate surface area is 270 Å². The minimum atomic E-state index is -0.430. The van der Waals surface area contributed by atoms with Crippen molar-refractivity contribution in [3.8, 4) is 22.6 Å². The lowest BCUT2D eigenvalue weighted by Gasteiger charge is -2.17. The zero-order chi connectivity index (χ0) is 32.2. The maximum Gasteiger partial charge on any atom is 0.343 e. The van der Waals surface area contributed by atoms with Crippen LogP contribution in [0.25, 0.3) is 32.7 Å². The molecule has 0 radical (unpaired) electrons. The standard InChI is InChI=1S/C42H38O4/c1-27(2)23-29-13-17-32(18-14-29)41(43)45-35-25-34-10-6-7-11-36(34)38(26-35)40-37-12-8-5-9-31(37)21-22-39(40)46-42(44)33-19-15-30(16-20-33)24-28(3)4/h5-22,25-28H,23-24H2,1-4H3. The predicted molar refractivity (Wildman–Crippen MR) is 187 cm³/mol. The summed E-state index contributed by atoms with van der Waals surface area (Å²) < 4.78 is 12.1. The molecule has 0 fully saturated rings. The van der Waals surface area contributed by atoms with Crippen LogP contribution in [0.1, 0.15) is 59.5 Å². The fourth-order valence-electron chi connectivity index (χ4n) is 5.98. The highest BCUT2D eigenvalue weighted by atomic mass is 16.5. The van der Waals surface area contributed by atoms with Gasteiger partial charge in [0.1, 0.15) is 11.5 Å². The van der Waals surface area contributed by atoms with Crippen LogP contribution in [0, 0.1) is 11.8 Å². The molecule has 46 heavy (non-hydrogen) atoms. The molecule has 230 valence electrons. The highest BCUT2D eigenvalue weighted by Crippen LogP contribution is 2.42. The second-order valence-electron chi connectivity index (χ2n) is 12.7. The quantitative estimate of drug-likeness (QED) is 0.121. The number of carbonyl (C=O) groups is 2. The first-order valence-corrected chi connectivity index (χ1v) is 15.9. The number of benzene rings is 6. The molecule has 0 amide bonds. The number of esters is 2. The molecule has 0 unspecified atom stereocenters. The van der Waals surface area contributed by atoms with Crippen molar-refractivity contribution < 1.29 is 19.1 Å². The van der Waals surface area contributed by atoms with E-state index in [0.29, 0.717) is 34.5 Å². The van der Waals surface area contributed by atoms with Crippen molar-refractivity contribution in [3.63, 3.8) is 0 Å². The summed E-state index contributed by atoms with van der Waals surface area (Å²) in [5, 5.41) is 3.78. The van der Waals surface area contributed by atoms with Crippen LogP contribution in [0.4, 0.5) is 0 Å². The van der Waals surface area contributed by atoms with Crippen molar-refractivity contribution in [2.45, 2.75) is 40.5 Å². The zero-order valence-corrected chi connectivity index (χ0v) is 26.7. The third kappa shape index (κ3) is 6.87. The Bertz CT molecular complexity index is 2020. The predicted octanol–water partition coefficient (Wildman–Crippen LogP) is 10.5. The molecule has 0 heterocycles. The van der Waals surface area contributed by atoms with Crippen LogP contribution in [0.15, 0.2) is 121 Å². The molecule has 6 aromatic carbocycles. The number of rotatable bonds is 9. The van der Waals surface area contributed by atoms with Gasteiger partial charge in [-0.25, -0.2) is 9.59 Å². The van der Waals surface area contributed by atoms with Gasteiger partial charge >= 0.3 is 11.9 Å². The summed E-state index contributed by atoms with van der Waals surface area (Å²) in [5.74, 6) is 1.05. The molecule has 0 saturated heterocycles. The summed E-state index contributed by atoms with van der Waals surface area (Å²) in [6, 6.07) is 38.7. The third-order valence-electron chi connectivity index (χ3n) is 8.08. The van der Waals surface area contributed by atoms with E-state index in [1.807, 2.05) is 121 Å². The molecule has 4 nitrogen and oxygen atoms in total. The Kier molecular flexibility index (Phi) is 8.98. The number of hydrogen-bond donors (Lipinski definition) is 0. The molecule has 0 N–H and O–H groups in total. The smallest absolute Gasteiger partial charge is 0.343 e. The Morgan fingerprint density at radius 1 is 0.543 bits per heavy atom. The molecule has 6 aromatic rings. The minimum Gasteiger partial charge on any atom is -0.423 e. The highest BCUT2D eigenvalue weighted by molar-refractivity contribution is 6.09. The molecule has 0 aliphatic heterocycles. The van der Waals surface area contributed by atoms with Gasteiger partial charge in [-0.2, -0.15) is 0 Å². The van der Waals surface area contributed by atoms with Gasteiger partial charge in [-0.1, -0.05) is 107 Å². The number of hydrogen-bond acceptors (Lipinski definition) is 4. The normalized spacial score (nSPS) is 11.3. The van der Waals surface area contributed by atoms with E-state index >= 15 is 0 Å². The van der Waals surface area contributed by atoms with E-state index in [1.54, 1.807) is 0 Å². The van der Waals surface area contributed by atoms with Gasteiger partial charge in [0.2, 0.25) is 0 Å². The fourth-order valence-corrected chi connectivity index (χ4v) is 5.98. The highest BCUT2D eigenvalue weighted by Gasteiger charge is 2.20. The zero-order valence-electron chi connectivity index (χ0n) is 26.7. The topological polar surface area (TPSA) is 52.6 Å². The summed E-state index contributed by atoms with van der Waals surface area (Å²) in [4.78, 5) is 26.8. The van der Waals surface area contributed by atoms with Gasteiger partial charge < -0.3 is 9.47 Å². The van der Waals surface area contributed by atoms with Gasteiger partial charge in [0.05, 0.1) is 11.1 Å². The van der Waals surface area contributed by atoms with Crippen molar-refractivity contribution in [2.24, 2.45) is 11.8 Å². The molecule has 4 heteroatoms. The molecule has 0 aromatic heterocycles. The van der Waals surface area contributed by atoms with Crippen molar-refractivity contribution in [2.75, 3.05) is 0 Å². The summed E-state index contributed by atoms with van der Waals surface area (Å²) in [6.45, 7) is 8.70. The van der Waals surface area contributed by atoms with E-state index in [4.69, 9.17) is 9.47 Å². The average molecular weight is 607 g/mol. The molecule has 0 bridgehead atoms. The first-order valence-electron chi connectivity index (χ1n) is 15.9. The molecule has 0 aliphatic rings. The molecular weight excluding hydrogens is 568 g/mol. The van der Waals surface area contributed by atoms with Gasteiger partial charge in [-0.15, -0.1) is 0 Å². The molecule has 0 aliphatic carbocycles. The average Bonchev–Trinajstić information content (AvgIpc) is 3.04. The van der Waals surface area contributed by atoms with Crippen LogP contribution >= 0.6 is 0 Å². The van der Waals surface area contributed by atoms with Crippen molar-refractivity contribution >= 4 is 33.5 Å². The number of ether oxygens (including phenoxy) is 2. The van der Waals surface area contributed by atoms with Crippen LogP contribution < -0.4 is 9.47 Å². The lowest BCUT2D eigenvalue weighted by molar-refractivity contribution is 0.0726. The van der Waals surface area contributed by atoms with Gasteiger partial charge in [-0.3, -0.25) is 0 Å². The van der Waals surface area contributed by atoms with Gasteiger partial charge in [0.25, 0.3) is 0 Å². The van der Waals surface area contributed by atoms with Crippen LogP contribution in [0.2, 0.25) is 0 Å². The molecule has 6 rings (SSSR count). The number of carbonyl (C=O) groups excluding carboxylic acids is 2. The molecule has 0 saturated carbocycles. The van der Waals surface area contributed by atoms with Gasteiger partial charge in [0, 0.05) is 5.56 Å². The molecule has 0 spiro atoms. The second kappa shape index (κ2) is 13.4. The Hall–Kier alpha value is -5.22. The lowest BCUT2D eigenvalue weighted by Crippen LogP contribution is -2.10. The fraction of sp³-hybridized carbons (Fsp3) is 0.190.